The fourth-order valence-electron chi connectivity index (χ4n) is 2.25. The Morgan fingerprint density at radius 3 is 2.15 bits per heavy atom. The molecule has 0 aliphatic rings. The van der Waals surface area contributed by atoms with Crippen LogP contribution in [0.5, 0.6) is 5.75 Å². The molecule has 27 heavy (non-hydrogen) atoms. The number of anilines is 2. The quantitative estimate of drug-likeness (QED) is 0.662. The summed E-state index contributed by atoms with van der Waals surface area (Å²) < 4.78 is 10.4. The van der Waals surface area contributed by atoms with E-state index in [-0.39, 0.29) is 18.4 Å². The van der Waals surface area contributed by atoms with E-state index < -0.39 is 0 Å². The van der Waals surface area contributed by atoms with Gasteiger partial charge in [-0.1, -0.05) is 0 Å². The summed E-state index contributed by atoms with van der Waals surface area (Å²) in [7, 11) is 5.02. The molecule has 7 heteroatoms. The van der Waals surface area contributed by atoms with Crippen molar-refractivity contribution in [1.29, 1.82) is 0 Å². The van der Waals surface area contributed by atoms with Gasteiger partial charge in [0.15, 0.2) is 0 Å². The topological polar surface area (TPSA) is 79.9 Å². The van der Waals surface area contributed by atoms with Crippen LogP contribution >= 0.6 is 0 Å². The van der Waals surface area contributed by atoms with Gasteiger partial charge in [-0.2, -0.15) is 0 Å². The Morgan fingerprint density at radius 1 is 0.926 bits per heavy atom. The summed E-state index contributed by atoms with van der Waals surface area (Å²) in [5, 5.41) is 5.84. The molecule has 0 aliphatic carbocycles. The van der Waals surface area contributed by atoms with Gasteiger partial charge in [0.05, 0.1) is 13.2 Å². The maximum Gasteiger partial charge on any atom is 0.253 e. The van der Waals surface area contributed by atoms with E-state index in [2.05, 4.69) is 10.6 Å². The van der Waals surface area contributed by atoms with Crippen molar-refractivity contribution in [2.75, 3.05) is 51.6 Å². The van der Waals surface area contributed by atoms with Gasteiger partial charge in [0.2, 0.25) is 5.91 Å². The largest absolute Gasteiger partial charge is 0.491 e. The number of nitrogens with one attached hydrogen (secondary N) is 2. The van der Waals surface area contributed by atoms with Gasteiger partial charge in [-0.05, 0) is 48.5 Å². The Bertz CT molecular complexity index is 743. The molecule has 2 aromatic rings. The minimum Gasteiger partial charge on any atom is -0.491 e. The number of nitrogens with zero attached hydrogens (tertiary/aromatic N) is 1. The van der Waals surface area contributed by atoms with Gasteiger partial charge in [0.1, 0.15) is 12.4 Å². The highest BCUT2D eigenvalue weighted by molar-refractivity contribution is 5.96. The van der Waals surface area contributed by atoms with Gasteiger partial charge >= 0.3 is 0 Å². The molecule has 0 atom stereocenters. The lowest BCUT2D eigenvalue weighted by Crippen LogP contribution is -2.22. The molecular weight excluding hydrogens is 346 g/mol. The van der Waals surface area contributed by atoms with Crippen molar-refractivity contribution in [3.63, 3.8) is 0 Å². The second kappa shape index (κ2) is 10.2. The second-order valence-electron chi connectivity index (χ2n) is 6.04. The standard InChI is InChI=1S/C20H25N3O4/c1-23(2)20(25)15-4-6-17(7-5-15)22-19(24)14-21-16-8-10-18(11-9-16)27-13-12-26-3/h4-11,21H,12-14H2,1-3H3,(H,22,24). The van der Waals surface area contributed by atoms with E-state index in [1.807, 2.05) is 24.3 Å². The van der Waals surface area contributed by atoms with Crippen molar-refractivity contribution in [3.05, 3.63) is 54.1 Å². The van der Waals surface area contributed by atoms with Crippen molar-refractivity contribution in [1.82, 2.24) is 4.90 Å². The van der Waals surface area contributed by atoms with E-state index >= 15 is 0 Å². The first-order valence-corrected chi connectivity index (χ1v) is 8.57. The molecule has 0 radical (unpaired) electrons. The van der Waals surface area contributed by atoms with Crippen LogP contribution in [0.25, 0.3) is 0 Å². The number of benzene rings is 2. The SMILES string of the molecule is COCCOc1ccc(NCC(=O)Nc2ccc(C(=O)N(C)C)cc2)cc1. The van der Waals surface area contributed by atoms with Crippen molar-refractivity contribution in [3.8, 4) is 5.75 Å². The van der Waals surface area contributed by atoms with Crippen LogP contribution in [0.15, 0.2) is 48.5 Å². The molecule has 2 aromatic carbocycles. The molecule has 2 N–H and O–H groups in total. The smallest absolute Gasteiger partial charge is 0.253 e. The zero-order chi connectivity index (χ0) is 19.6. The first-order valence-electron chi connectivity index (χ1n) is 8.57. The number of rotatable bonds is 9. The maximum atomic E-state index is 12.1. The molecule has 0 spiro atoms. The molecule has 0 aliphatic heterocycles. The van der Waals surface area contributed by atoms with Crippen LogP contribution in [0.1, 0.15) is 10.4 Å². The lowest BCUT2D eigenvalue weighted by atomic mass is 10.2. The zero-order valence-electron chi connectivity index (χ0n) is 15.8. The summed E-state index contributed by atoms with van der Waals surface area (Å²) in [6.45, 7) is 1.15. The number of ether oxygens (including phenoxy) is 2. The van der Waals surface area contributed by atoms with Crippen LogP contribution < -0.4 is 15.4 Å². The predicted octanol–water partition coefficient (Wildman–Crippen LogP) is 2.46. The van der Waals surface area contributed by atoms with Gasteiger partial charge in [0, 0.05) is 38.1 Å². The molecule has 0 saturated heterocycles. The van der Waals surface area contributed by atoms with Crippen LogP contribution in [0, 0.1) is 0 Å². The molecule has 2 rings (SSSR count). The predicted molar refractivity (Wildman–Crippen MR) is 105 cm³/mol. The van der Waals surface area contributed by atoms with Crippen molar-refractivity contribution >= 4 is 23.2 Å². The summed E-state index contributed by atoms with van der Waals surface area (Å²) in [6, 6.07) is 14.1. The molecule has 0 saturated carbocycles. The summed E-state index contributed by atoms with van der Waals surface area (Å²) in [5.41, 5.74) is 2.03. The van der Waals surface area contributed by atoms with E-state index in [4.69, 9.17) is 9.47 Å². The number of methoxy groups -OCH3 is 1. The van der Waals surface area contributed by atoms with E-state index in [1.54, 1.807) is 45.5 Å². The minimum atomic E-state index is -0.179. The minimum absolute atomic E-state index is 0.0795. The molecule has 0 fully saturated rings. The van der Waals surface area contributed by atoms with E-state index in [0.29, 0.717) is 24.5 Å². The summed E-state index contributed by atoms with van der Waals surface area (Å²) in [4.78, 5) is 25.4. The Morgan fingerprint density at radius 2 is 1.56 bits per heavy atom. The fraction of sp³-hybridized carbons (Fsp3) is 0.300. The van der Waals surface area contributed by atoms with Crippen LogP contribution in [0.3, 0.4) is 0 Å². The van der Waals surface area contributed by atoms with Crippen LogP contribution in [-0.2, 0) is 9.53 Å². The van der Waals surface area contributed by atoms with Gasteiger partial charge in [-0.15, -0.1) is 0 Å². The monoisotopic (exact) mass is 371 g/mol. The maximum absolute atomic E-state index is 12.1. The van der Waals surface area contributed by atoms with Gasteiger partial charge in [0.25, 0.3) is 5.91 Å². The van der Waals surface area contributed by atoms with Gasteiger partial charge < -0.3 is 25.0 Å². The zero-order valence-corrected chi connectivity index (χ0v) is 15.8. The molecule has 7 nitrogen and oxygen atoms in total. The third kappa shape index (κ3) is 6.63. The number of carbonyl (C=O) groups excluding carboxylic acids is 2. The van der Waals surface area contributed by atoms with E-state index in [0.717, 1.165) is 11.4 Å². The molecule has 0 bridgehead atoms. The van der Waals surface area contributed by atoms with Gasteiger partial charge in [-0.25, -0.2) is 0 Å². The van der Waals surface area contributed by atoms with Crippen molar-refractivity contribution in [2.24, 2.45) is 0 Å². The number of hydrogen-bond donors (Lipinski definition) is 2. The molecule has 144 valence electrons. The highest BCUT2D eigenvalue weighted by atomic mass is 16.5. The van der Waals surface area contributed by atoms with Crippen molar-refractivity contribution < 1.29 is 19.1 Å². The number of hydrogen-bond acceptors (Lipinski definition) is 5. The first-order chi connectivity index (χ1) is 13.0. The number of carbonyl (C=O) groups is 2. The number of amides is 2. The van der Waals surface area contributed by atoms with E-state index in [9.17, 15) is 9.59 Å². The highest BCUT2D eigenvalue weighted by Gasteiger charge is 2.08. The molecule has 0 unspecified atom stereocenters. The third-order valence-corrected chi connectivity index (χ3v) is 3.69. The summed E-state index contributed by atoms with van der Waals surface area (Å²) >= 11 is 0. The Kier molecular flexibility index (Phi) is 7.63. The fourth-order valence-corrected chi connectivity index (χ4v) is 2.25. The van der Waals surface area contributed by atoms with Crippen LogP contribution in [0.4, 0.5) is 11.4 Å². The van der Waals surface area contributed by atoms with Gasteiger partial charge in [-0.3, -0.25) is 9.59 Å². The highest BCUT2D eigenvalue weighted by Crippen LogP contribution is 2.16. The van der Waals surface area contributed by atoms with E-state index in [1.165, 1.54) is 4.90 Å². The lowest BCUT2D eigenvalue weighted by Gasteiger charge is -2.11. The van der Waals surface area contributed by atoms with Crippen LogP contribution in [-0.4, -0.2) is 57.7 Å². The average molecular weight is 371 g/mol. The molecule has 0 aromatic heterocycles. The lowest BCUT2D eigenvalue weighted by molar-refractivity contribution is -0.114. The first kappa shape index (κ1) is 20.3. The summed E-state index contributed by atoms with van der Waals surface area (Å²) in [6.07, 6.45) is 0. The second-order valence-corrected chi connectivity index (χ2v) is 6.04. The van der Waals surface area contributed by atoms with Crippen molar-refractivity contribution in [2.45, 2.75) is 0 Å². The van der Waals surface area contributed by atoms with Crippen LogP contribution in [0.2, 0.25) is 0 Å². The molecule has 0 heterocycles. The average Bonchev–Trinajstić information content (AvgIpc) is 2.67. The summed E-state index contributed by atoms with van der Waals surface area (Å²) in [5.74, 6) is 0.487. The Labute approximate surface area is 159 Å². The Balaban J connectivity index is 1.79. The molecule has 2 amide bonds. The Hall–Kier alpha value is -3.06. The molecular formula is C20H25N3O4. The normalized spacial score (nSPS) is 10.2. The third-order valence-electron chi connectivity index (χ3n) is 3.69.